The number of hydrogen-bond acceptors (Lipinski definition) is 3. The van der Waals surface area contributed by atoms with Crippen LogP contribution in [0.25, 0.3) is 10.9 Å². The lowest BCUT2D eigenvalue weighted by Crippen LogP contribution is -2.40. The number of halogens is 1. The number of aryl methyl sites for hydroxylation is 1. The van der Waals surface area contributed by atoms with Crippen LogP contribution in [0.3, 0.4) is 0 Å². The van der Waals surface area contributed by atoms with Gasteiger partial charge in [0.05, 0.1) is 11.6 Å². The van der Waals surface area contributed by atoms with Crippen LogP contribution >= 0.6 is 11.6 Å². The molecule has 128 valence electrons. The van der Waals surface area contributed by atoms with E-state index in [-0.39, 0.29) is 19.1 Å². The number of carbonyl (C=O) groups is 2. The topological polar surface area (TPSA) is 71.8 Å². The molecule has 1 unspecified atom stereocenters. The Hall–Kier alpha value is -2.05. The van der Waals surface area contributed by atoms with Crippen molar-refractivity contribution in [3.8, 4) is 0 Å². The highest BCUT2D eigenvalue weighted by atomic mass is 35.5. The Bertz CT molecular complexity index is 777. The fourth-order valence-electron chi connectivity index (χ4n) is 3.41. The van der Waals surface area contributed by atoms with Gasteiger partial charge in [-0.2, -0.15) is 0 Å². The average molecular weight is 351 g/mol. The summed E-state index contributed by atoms with van der Waals surface area (Å²) < 4.78 is 6.83. The molecule has 3 rings (SSSR count). The van der Waals surface area contributed by atoms with E-state index in [2.05, 4.69) is 0 Å². The molecule has 2 aromatic rings. The highest BCUT2D eigenvalue weighted by molar-refractivity contribution is 6.38. The zero-order valence-electron chi connectivity index (χ0n) is 13.6. The van der Waals surface area contributed by atoms with Crippen molar-refractivity contribution >= 4 is 34.4 Å². The fourth-order valence-corrected chi connectivity index (χ4v) is 3.78. The van der Waals surface area contributed by atoms with Crippen LogP contribution in [0.5, 0.6) is 0 Å². The molecular weight excluding hydrogens is 332 g/mol. The second kappa shape index (κ2) is 6.11. The molecule has 0 saturated carbocycles. The molecule has 1 N–H and O–H groups in total. The number of rotatable bonds is 4. The van der Waals surface area contributed by atoms with Crippen molar-refractivity contribution < 1.29 is 19.4 Å². The number of carbonyl (C=O) groups excluding carboxylic acids is 1. The Morgan fingerprint density at radius 3 is 2.71 bits per heavy atom. The van der Waals surface area contributed by atoms with Gasteiger partial charge in [0.15, 0.2) is 0 Å². The van der Waals surface area contributed by atoms with Gasteiger partial charge in [-0.15, -0.1) is 0 Å². The number of aromatic nitrogens is 1. The van der Waals surface area contributed by atoms with Crippen LogP contribution in [-0.4, -0.2) is 53.3 Å². The molecule has 1 aliphatic rings. The molecule has 2 heterocycles. The zero-order valence-corrected chi connectivity index (χ0v) is 14.3. The third kappa shape index (κ3) is 2.46. The summed E-state index contributed by atoms with van der Waals surface area (Å²) in [6.45, 7) is 0.564. The first-order valence-corrected chi connectivity index (χ1v) is 8.03. The van der Waals surface area contributed by atoms with Crippen molar-refractivity contribution in [1.82, 2.24) is 9.47 Å². The number of methoxy groups -OCH3 is 1. The third-order valence-corrected chi connectivity index (χ3v) is 5.15. The second-order valence-electron chi connectivity index (χ2n) is 6.23. The van der Waals surface area contributed by atoms with Gasteiger partial charge in [0, 0.05) is 38.1 Å². The van der Waals surface area contributed by atoms with Gasteiger partial charge in [0.2, 0.25) is 0 Å². The summed E-state index contributed by atoms with van der Waals surface area (Å²) >= 11 is 6.42. The molecule has 1 aliphatic heterocycles. The molecule has 1 aromatic carbocycles. The van der Waals surface area contributed by atoms with Gasteiger partial charge < -0.3 is 19.3 Å². The molecule has 1 atom stereocenters. The Kier molecular flexibility index (Phi) is 4.27. The summed E-state index contributed by atoms with van der Waals surface area (Å²) in [6, 6.07) is 7.52. The van der Waals surface area contributed by atoms with E-state index < -0.39 is 11.4 Å². The van der Waals surface area contributed by atoms with Gasteiger partial charge in [-0.3, -0.25) is 9.59 Å². The molecular formula is C17H19ClN2O4. The van der Waals surface area contributed by atoms with E-state index in [0.29, 0.717) is 23.7 Å². The lowest BCUT2D eigenvalue weighted by Gasteiger charge is -2.24. The fraction of sp³-hybridized carbons (Fsp3) is 0.412. The highest BCUT2D eigenvalue weighted by Gasteiger charge is 2.47. The molecule has 7 heteroatoms. The van der Waals surface area contributed by atoms with E-state index >= 15 is 0 Å². The normalized spacial score (nSPS) is 20.7. The maximum absolute atomic E-state index is 13.0. The van der Waals surface area contributed by atoms with Crippen molar-refractivity contribution in [3.05, 3.63) is 35.0 Å². The SMILES string of the molecule is COCC1(C(=O)O)CCN(C(=O)c2c(Cl)c3ccccc3n2C)C1. The number of aliphatic carboxylic acids is 1. The second-order valence-corrected chi connectivity index (χ2v) is 6.61. The van der Waals surface area contributed by atoms with Gasteiger partial charge in [-0.1, -0.05) is 29.8 Å². The first kappa shape index (κ1) is 16.8. The monoisotopic (exact) mass is 350 g/mol. The molecule has 0 radical (unpaired) electrons. The van der Waals surface area contributed by atoms with Gasteiger partial charge in [-0.05, 0) is 12.5 Å². The number of carboxylic acids is 1. The summed E-state index contributed by atoms with van der Waals surface area (Å²) in [5.74, 6) is -1.19. The Morgan fingerprint density at radius 1 is 1.38 bits per heavy atom. The van der Waals surface area contributed by atoms with Crippen LogP contribution in [0, 0.1) is 5.41 Å². The first-order chi connectivity index (χ1) is 11.4. The largest absolute Gasteiger partial charge is 0.481 e. The number of benzene rings is 1. The molecule has 1 amide bonds. The molecule has 0 aliphatic carbocycles. The van der Waals surface area contributed by atoms with Gasteiger partial charge >= 0.3 is 5.97 Å². The first-order valence-electron chi connectivity index (χ1n) is 7.66. The lowest BCUT2D eigenvalue weighted by atomic mass is 9.88. The minimum Gasteiger partial charge on any atom is -0.481 e. The van der Waals surface area contributed by atoms with E-state index in [1.165, 1.54) is 7.11 Å². The van der Waals surface area contributed by atoms with Crippen LogP contribution in [0.4, 0.5) is 0 Å². The number of para-hydroxylation sites is 1. The molecule has 1 fully saturated rings. The number of likely N-dealkylation sites (tertiary alicyclic amines) is 1. The van der Waals surface area contributed by atoms with Crippen LogP contribution in [-0.2, 0) is 16.6 Å². The van der Waals surface area contributed by atoms with Crippen molar-refractivity contribution in [2.24, 2.45) is 12.5 Å². The van der Waals surface area contributed by atoms with E-state index in [1.54, 1.807) is 16.5 Å². The van der Waals surface area contributed by atoms with Crippen molar-refractivity contribution in [2.75, 3.05) is 26.8 Å². The quantitative estimate of drug-likeness (QED) is 0.919. The molecule has 1 aromatic heterocycles. The highest BCUT2D eigenvalue weighted by Crippen LogP contribution is 2.35. The number of nitrogens with zero attached hydrogens (tertiary/aromatic N) is 2. The number of amides is 1. The minimum atomic E-state index is -1.05. The smallest absolute Gasteiger partial charge is 0.313 e. The zero-order chi connectivity index (χ0) is 17.5. The number of ether oxygens (including phenoxy) is 1. The van der Waals surface area contributed by atoms with Gasteiger partial charge in [-0.25, -0.2) is 0 Å². The van der Waals surface area contributed by atoms with Crippen LogP contribution in [0.1, 0.15) is 16.9 Å². The Labute approximate surface area is 144 Å². The summed E-state index contributed by atoms with van der Waals surface area (Å²) in [6.07, 6.45) is 0.365. The van der Waals surface area contributed by atoms with Gasteiger partial charge in [0.1, 0.15) is 11.1 Å². The Balaban J connectivity index is 1.95. The molecule has 24 heavy (non-hydrogen) atoms. The molecule has 1 saturated heterocycles. The van der Waals surface area contributed by atoms with Crippen LogP contribution in [0.15, 0.2) is 24.3 Å². The average Bonchev–Trinajstić information content (AvgIpc) is 3.10. The number of hydrogen-bond donors (Lipinski definition) is 1. The van der Waals surface area contributed by atoms with Crippen molar-refractivity contribution in [3.63, 3.8) is 0 Å². The summed E-state index contributed by atoms with van der Waals surface area (Å²) in [5, 5.41) is 10.8. The van der Waals surface area contributed by atoms with Crippen LogP contribution in [0.2, 0.25) is 5.02 Å². The predicted molar refractivity (Wildman–Crippen MR) is 90.4 cm³/mol. The maximum atomic E-state index is 13.0. The third-order valence-electron chi connectivity index (χ3n) is 4.76. The molecule has 6 nitrogen and oxygen atoms in total. The summed E-state index contributed by atoms with van der Waals surface area (Å²) in [7, 11) is 3.26. The maximum Gasteiger partial charge on any atom is 0.313 e. The number of carboxylic acid groups (broad SMARTS) is 1. The van der Waals surface area contributed by atoms with E-state index in [4.69, 9.17) is 16.3 Å². The number of fused-ring (bicyclic) bond motifs is 1. The summed E-state index contributed by atoms with van der Waals surface area (Å²) in [4.78, 5) is 26.2. The standard InChI is InChI=1S/C17H19ClN2O4/c1-19-12-6-4-3-5-11(12)13(18)14(19)15(21)20-8-7-17(9-20,10-24-2)16(22)23/h3-6H,7-10H2,1-2H3,(H,22,23). The van der Waals surface area contributed by atoms with Gasteiger partial charge in [0.25, 0.3) is 5.91 Å². The van der Waals surface area contributed by atoms with Crippen LogP contribution < -0.4 is 0 Å². The van der Waals surface area contributed by atoms with Crippen molar-refractivity contribution in [1.29, 1.82) is 0 Å². The van der Waals surface area contributed by atoms with E-state index in [9.17, 15) is 14.7 Å². The Morgan fingerprint density at radius 2 is 2.08 bits per heavy atom. The van der Waals surface area contributed by atoms with E-state index in [0.717, 1.165) is 10.9 Å². The molecule has 0 bridgehead atoms. The molecule has 0 spiro atoms. The lowest BCUT2D eigenvalue weighted by molar-refractivity contribution is -0.151. The van der Waals surface area contributed by atoms with E-state index in [1.807, 2.05) is 24.3 Å². The minimum absolute atomic E-state index is 0.0783. The predicted octanol–water partition coefficient (Wildman–Crippen LogP) is 2.40. The van der Waals surface area contributed by atoms with Crippen molar-refractivity contribution in [2.45, 2.75) is 6.42 Å². The summed E-state index contributed by atoms with van der Waals surface area (Å²) in [5.41, 5.74) is 0.199.